The minimum Gasteiger partial charge on any atom is -0.345 e. The lowest BCUT2D eigenvalue weighted by molar-refractivity contribution is 0.0949. The summed E-state index contributed by atoms with van der Waals surface area (Å²) in [6, 6.07) is 12.1. The molecule has 0 bridgehead atoms. The molecule has 0 spiro atoms. The summed E-state index contributed by atoms with van der Waals surface area (Å²) >= 11 is 15.2. The first-order chi connectivity index (χ1) is 11.5. The highest BCUT2D eigenvalue weighted by Gasteiger charge is 2.13. The number of nitrogens with one attached hydrogen (secondary N) is 1. The Morgan fingerprint density at radius 2 is 1.92 bits per heavy atom. The lowest BCUT2D eigenvalue weighted by atomic mass is 10.2. The molecule has 0 saturated carbocycles. The summed E-state index contributed by atoms with van der Waals surface area (Å²) < 4.78 is 2.29. The van der Waals surface area contributed by atoms with Gasteiger partial charge in [0.1, 0.15) is 0 Å². The minimum absolute atomic E-state index is 0.150. The van der Waals surface area contributed by atoms with Crippen molar-refractivity contribution in [2.45, 2.75) is 6.54 Å². The molecule has 0 atom stereocenters. The van der Waals surface area contributed by atoms with E-state index in [2.05, 4.69) is 36.8 Å². The van der Waals surface area contributed by atoms with Crippen molar-refractivity contribution in [2.24, 2.45) is 0 Å². The number of carbonyl (C=O) groups is 1. The molecule has 3 aromatic rings. The highest BCUT2D eigenvalue weighted by atomic mass is 79.9. The number of halogens is 3. The van der Waals surface area contributed by atoms with Gasteiger partial charge < -0.3 is 5.32 Å². The summed E-state index contributed by atoms with van der Waals surface area (Å²) in [5.74, 6) is 0.170. The van der Waals surface area contributed by atoms with E-state index >= 15 is 0 Å². The molecule has 0 radical (unpaired) electrons. The third-order valence-corrected chi connectivity index (χ3v) is 4.26. The normalized spacial score (nSPS) is 10.6. The van der Waals surface area contributed by atoms with E-state index in [1.807, 2.05) is 0 Å². The number of benzene rings is 2. The van der Waals surface area contributed by atoms with E-state index < -0.39 is 0 Å². The zero-order chi connectivity index (χ0) is 17.1. The molecule has 2 aromatic carbocycles. The highest BCUT2D eigenvalue weighted by molar-refractivity contribution is 9.10. The Balaban J connectivity index is 1.76. The molecule has 0 aliphatic rings. The number of aromatic nitrogens is 4. The van der Waals surface area contributed by atoms with Crippen molar-refractivity contribution in [2.75, 3.05) is 0 Å². The van der Waals surface area contributed by atoms with Gasteiger partial charge in [-0.1, -0.05) is 39.1 Å². The lowest BCUT2D eigenvalue weighted by Gasteiger charge is -2.08. The van der Waals surface area contributed by atoms with Crippen LogP contribution in [0.3, 0.4) is 0 Å². The van der Waals surface area contributed by atoms with Crippen LogP contribution in [-0.2, 0) is 6.54 Å². The maximum atomic E-state index is 12.3. The Morgan fingerprint density at radius 1 is 1.17 bits per heavy atom. The zero-order valence-corrected chi connectivity index (χ0v) is 15.2. The topological polar surface area (TPSA) is 72.7 Å². The minimum atomic E-state index is -0.313. The first-order valence-electron chi connectivity index (χ1n) is 6.81. The molecule has 3 rings (SSSR count). The summed E-state index contributed by atoms with van der Waals surface area (Å²) in [7, 11) is 0. The molecule has 122 valence electrons. The SMILES string of the molecule is O=C(NCc1nnnn1-c1ccc(Cl)cc1)c1cc(Br)ccc1Cl. The van der Waals surface area contributed by atoms with E-state index in [9.17, 15) is 4.79 Å². The largest absolute Gasteiger partial charge is 0.345 e. The van der Waals surface area contributed by atoms with Crippen molar-refractivity contribution in [3.8, 4) is 5.69 Å². The maximum Gasteiger partial charge on any atom is 0.253 e. The van der Waals surface area contributed by atoms with Crippen molar-refractivity contribution >= 4 is 45.0 Å². The summed E-state index contributed by atoms with van der Waals surface area (Å²) in [5.41, 5.74) is 1.12. The van der Waals surface area contributed by atoms with Gasteiger partial charge in [0.15, 0.2) is 5.82 Å². The molecule has 0 saturated heterocycles. The third kappa shape index (κ3) is 3.75. The van der Waals surface area contributed by atoms with Gasteiger partial charge >= 0.3 is 0 Å². The van der Waals surface area contributed by atoms with Crippen molar-refractivity contribution in [3.05, 3.63) is 68.4 Å². The van der Waals surface area contributed by atoms with Crippen molar-refractivity contribution in [3.63, 3.8) is 0 Å². The molecule has 0 fully saturated rings. The van der Waals surface area contributed by atoms with Gasteiger partial charge in [-0.25, -0.2) is 0 Å². The van der Waals surface area contributed by atoms with Gasteiger partial charge in [0.2, 0.25) is 0 Å². The van der Waals surface area contributed by atoms with Crippen LogP contribution in [-0.4, -0.2) is 26.1 Å². The van der Waals surface area contributed by atoms with E-state index in [0.717, 1.165) is 10.2 Å². The number of hydrogen-bond acceptors (Lipinski definition) is 4. The fraction of sp³-hybridized carbons (Fsp3) is 0.0667. The standard InChI is InChI=1S/C15H10BrCl2N5O/c16-9-1-6-13(18)12(7-9)15(24)19-8-14-20-21-22-23(14)11-4-2-10(17)3-5-11/h1-7H,8H2,(H,19,24). The Morgan fingerprint density at radius 3 is 2.67 bits per heavy atom. The van der Waals surface area contributed by atoms with E-state index in [1.54, 1.807) is 42.5 Å². The van der Waals surface area contributed by atoms with Crippen molar-refractivity contribution < 1.29 is 4.79 Å². The predicted octanol–water partition coefficient (Wildman–Crippen LogP) is 3.66. The number of hydrogen-bond donors (Lipinski definition) is 1. The average Bonchev–Trinajstić information content (AvgIpc) is 3.04. The second kappa shape index (κ2) is 7.29. The van der Waals surface area contributed by atoms with Crippen LogP contribution < -0.4 is 5.32 Å². The van der Waals surface area contributed by atoms with Crippen LogP contribution in [0.25, 0.3) is 5.69 Å². The number of carbonyl (C=O) groups excluding carboxylic acids is 1. The number of nitrogens with zero attached hydrogens (tertiary/aromatic N) is 4. The molecule has 1 amide bonds. The Labute approximate surface area is 155 Å². The van der Waals surface area contributed by atoms with Gasteiger partial charge in [-0.2, -0.15) is 4.68 Å². The molecule has 0 unspecified atom stereocenters. The van der Waals surface area contributed by atoms with Crippen molar-refractivity contribution in [1.82, 2.24) is 25.5 Å². The number of amides is 1. The zero-order valence-electron chi connectivity index (χ0n) is 12.1. The van der Waals surface area contributed by atoms with Crippen LogP contribution in [0.4, 0.5) is 0 Å². The second-order valence-electron chi connectivity index (χ2n) is 4.79. The van der Waals surface area contributed by atoms with Crippen LogP contribution in [0.15, 0.2) is 46.9 Å². The van der Waals surface area contributed by atoms with Gasteiger partial charge in [-0.15, -0.1) is 5.10 Å². The molecule has 6 nitrogen and oxygen atoms in total. The molecule has 0 aliphatic carbocycles. The first-order valence-corrected chi connectivity index (χ1v) is 8.36. The van der Waals surface area contributed by atoms with Crippen molar-refractivity contribution in [1.29, 1.82) is 0 Å². The van der Waals surface area contributed by atoms with Crippen LogP contribution in [0.2, 0.25) is 10.0 Å². The van der Waals surface area contributed by atoms with E-state index in [1.165, 1.54) is 4.68 Å². The first kappa shape index (κ1) is 16.9. The van der Waals surface area contributed by atoms with E-state index in [4.69, 9.17) is 23.2 Å². The highest BCUT2D eigenvalue weighted by Crippen LogP contribution is 2.21. The number of tetrazole rings is 1. The quantitative estimate of drug-likeness (QED) is 0.690. The summed E-state index contributed by atoms with van der Waals surface area (Å²) in [6.07, 6.45) is 0. The molecular weight excluding hydrogens is 417 g/mol. The van der Waals surface area contributed by atoms with E-state index in [0.29, 0.717) is 21.4 Å². The van der Waals surface area contributed by atoms with Crippen LogP contribution in [0, 0.1) is 0 Å². The second-order valence-corrected chi connectivity index (χ2v) is 6.55. The molecular formula is C15H10BrCl2N5O. The number of rotatable bonds is 4. The Kier molecular flexibility index (Phi) is 5.13. The molecule has 1 aromatic heterocycles. The smallest absolute Gasteiger partial charge is 0.253 e. The fourth-order valence-corrected chi connectivity index (χ4v) is 2.72. The summed E-state index contributed by atoms with van der Waals surface area (Å²) in [4.78, 5) is 12.3. The van der Waals surface area contributed by atoms with Crippen LogP contribution in [0.1, 0.15) is 16.2 Å². The molecule has 1 N–H and O–H groups in total. The van der Waals surface area contributed by atoms with E-state index in [-0.39, 0.29) is 12.5 Å². The van der Waals surface area contributed by atoms with Gasteiger partial charge in [0.25, 0.3) is 5.91 Å². The van der Waals surface area contributed by atoms with Gasteiger partial charge in [0, 0.05) is 9.50 Å². The molecule has 1 heterocycles. The van der Waals surface area contributed by atoms with Gasteiger partial charge in [-0.05, 0) is 52.9 Å². The molecule has 0 aliphatic heterocycles. The maximum absolute atomic E-state index is 12.3. The van der Waals surface area contributed by atoms with Crippen LogP contribution in [0.5, 0.6) is 0 Å². The predicted molar refractivity (Wildman–Crippen MR) is 94.5 cm³/mol. The summed E-state index contributed by atoms with van der Waals surface area (Å²) in [6.45, 7) is 0.150. The lowest BCUT2D eigenvalue weighted by Crippen LogP contribution is -2.25. The monoisotopic (exact) mass is 425 g/mol. The molecule has 24 heavy (non-hydrogen) atoms. The van der Waals surface area contributed by atoms with Gasteiger partial charge in [0.05, 0.1) is 22.8 Å². The average molecular weight is 427 g/mol. The Hall–Kier alpha value is -1.96. The van der Waals surface area contributed by atoms with Crippen LogP contribution >= 0.6 is 39.1 Å². The fourth-order valence-electron chi connectivity index (χ4n) is 2.02. The summed E-state index contributed by atoms with van der Waals surface area (Å²) in [5, 5.41) is 15.2. The van der Waals surface area contributed by atoms with Gasteiger partial charge in [-0.3, -0.25) is 4.79 Å². The Bertz CT molecular complexity index is 882. The molecule has 9 heteroatoms. The third-order valence-electron chi connectivity index (χ3n) is 3.19.